The molecule has 0 saturated heterocycles. The molecule has 1 heteroatoms. The van der Waals surface area contributed by atoms with Gasteiger partial charge >= 0.3 is 0 Å². The van der Waals surface area contributed by atoms with Crippen LogP contribution in [0.25, 0.3) is 0 Å². The molecule has 0 aliphatic heterocycles. The standard InChI is InChI=1S/C11H21Cl/c1-4-8(2)9(3)10-6-5-7-11(10)12/h8-11H,4-7H2,1-3H3. The average Bonchev–Trinajstić information content (AvgIpc) is 2.48. The third-order valence-electron chi connectivity index (χ3n) is 3.70. The van der Waals surface area contributed by atoms with Crippen LogP contribution in [0, 0.1) is 17.8 Å². The molecule has 0 heterocycles. The van der Waals surface area contributed by atoms with Gasteiger partial charge in [-0.3, -0.25) is 0 Å². The quantitative estimate of drug-likeness (QED) is 0.586. The summed E-state index contributed by atoms with van der Waals surface area (Å²) in [5, 5.41) is 0.467. The predicted molar refractivity (Wildman–Crippen MR) is 55.6 cm³/mol. The highest BCUT2D eigenvalue weighted by atomic mass is 35.5. The normalized spacial score (nSPS) is 35.0. The van der Waals surface area contributed by atoms with Crippen LogP contribution in [0.5, 0.6) is 0 Å². The van der Waals surface area contributed by atoms with E-state index in [1.165, 1.54) is 25.7 Å². The molecule has 0 spiro atoms. The Balaban J connectivity index is 2.45. The van der Waals surface area contributed by atoms with E-state index in [-0.39, 0.29) is 0 Å². The molecule has 0 aromatic rings. The van der Waals surface area contributed by atoms with Crippen LogP contribution < -0.4 is 0 Å². The zero-order valence-corrected chi connectivity index (χ0v) is 9.27. The first-order chi connectivity index (χ1) is 5.66. The molecule has 0 aromatic heterocycles. The Morgan fingerprint density at radius 2 is 2.00 bits per heavy atom. The van der Waals surface area contributed by atoms with Crippen LogP contribution in [0.4, 0.5) is 0 Å². The van der Waals surface area contributed by atoms with Gasteiger partial charge < -0.3 is 0 Å². The summed E-state index contributed by atoms with van der Waals surface area (Å²) >= 11 is 6.27. The Bertz CT molecular complexity index is 133. The largest absolute Gasteiger partial charge is 0.123 e. The fraction of sp³-hybridized carbons (Fsp3) is 1.00. The van der Waals surface area contributed by atoms with Crippen molar-refractivity contribution >= 4 is 11.6 Å². The van der Waals surface area contributed by atoms with Gasteiger partial charge in [-0.2, -0.15) is 0 Å². The summed E-state index contributed by atoms with van der Waals surface area (Å²) in [6.07, 6.45) is 5.24. The second-order valence-corrected chi connectivity index (χ2v) is 4.92. The molecule has 1 rings (SSSR count). The Kier molecular flexibility index (Phi) is 3.89. The molecule has 0 bridgehead atoms. The molecule has 1 aliphatic carbocycles. The van der Waals surface area contributed by atoms with Gasteiger partial charge in [0.15, 0.2) is 0 Å². The number of alkyl halides is 1. The number of hydrogen-bond donors (Lipinski definition) is 0. The monoisotopic (exact) mass is 188 g/mol. The summed E-state index contributed by atoms with van der Waals surface area (Å²) in [6, 6.07) is 0. The van der Waals surface area contributed by atoms with E-state index in [1.54, 1.807) is 0 Å². The third kappa shape index (κ3) is 2.16. The smallest absolute Gasteiger partial charge is 0.0366 e. The lowest BCUT2D eigenvalue weighted by Gasteiger charge is -2.27. The van der Waals surface area contributed by atoms with Crippen LogP contribution in [-0.4, -0.2) is 5.38 Å². The van der Waals surface area contributed by atoms with Crippen molar-refractivity contribution < 1.29 is 0 Å². The first-order valence-corrected chi connectivity index (χ1v) is 5.74. The van der Waals surface area contributed by atoms with E-state index in [2.05, 4.69) is 20.8 Å². The SMILES string of the molecule is CCC(C)C(C)C1CCCC1Cl. The molecule has 0 amide bonds. The van der Waals surface area contributed by atoms with Crippen LogP contribution in [0.15, 0.2) is 0 Å². The van der Waals surface area contributed by atoms with E-state index in [9.17, 15) is 0 Å². The molecular weight excluding hydrogens is 168 g/mol. The van der Waals surface area contributed by atoms with Gasteiger partial charge in [0, 0.05) is 5.38 Å². The van der Waals surface area contributed by atoms with E-state index in [0.717, 1.165) is 17.8 Å². The van der Waals surface area contributed by atoms with Crippen molar-refractivity contribution in [1.29, 1.82) is 0 Å². The van der Waals surface area contributed by atoms with E-state index in [0.29, 0.717) is 5.38 Å². The zero-order chi connectivity index (χ0) is 9.14. The van der Waals surface area contributed by atoms with Gasteiger partial charge in [0.2, 0.25) is 0 Å². The molecular formula is C11H21Cl. The molecule has 4 unspecified atom stereocenters. The van der Waals surface area contributed by atoms with E-state index in [1.807, 2.05) is 0 Å². The molecule has 4 atom stereocenters. The summed E-state index contributed by atoms with van der Waals surface area (Å²) in [5.41, 5.74) is 0. The van der Waals surface area contributed by atoms with Crippen LogP contribution in [0.2, 0.25) is 0 Å². The van der Waals surface area contributed by atoms with Gasteiger partial charge in [-0.1, -0.05) is 33.6 Å². The summed E-state index contributed by atoms with van der Waals surface area (Å²) in [7, 11) is 0. The Labute approximate surface area is 81.7 Å². The minimum Gasteiger partial charge on any atom is -0.123 e. The second kappa shape index (κ2) is 4.50. The minimum absolute atomic E-state index is 0.467. The lowest BCUT2D eigenvalue weighted by molar-refractivity contribution is 0.263. The number of halogens is 1. The van der Waals surface area contributed by atoms with Gasteiger partial charge in [0.05, 0.1) is 0 Å². The summed E-state index contributed by atoms with van der Waals surface area (Å²) in [5.74, 6) is 2.45. The Morgan fingerprint density at radius 1 is 1.33 bits per heavy atom. The van der Waals surface area contributed by atoms with Gasteiger partial charge in [-0.15, -0.1) is 11.6 Å². The Hall–Kier alpha value is 0.290. The number of hydrogen-bond acceptors (Lipinski definition) is 0. The highest BCUT2D eigenvalue weighted by Crippen LogP contribution is 2.39. The van der Waals surface area contributed by atoms with Crippen molar-refractivity contribution in [2.75, 3.05) is 0 Å². The lowest BCUT2D eigenvalue weighted by atomic mass is 9.81. The summed E-state index contributed by atoms with van der Waals surface area (Å²) in [4.78, 5) is 0. The highest BCUT2D eigenvalue weighted by molar-refractivity contribution is 6.20. The van der Waals surface area contributed by atoms with Gasteiger partial charge in [-0.05, 0) is 30.6 Å². The van der Waals surface area contributed by atoms with Crippen molar-refractivity contribution in [2.24, 2.45) is 17.8 Å². The summed E-state index contributed by atoms with van der Waals surface area (Å²) in [6.45, 7) is 7.01. The summed E-state index contributed by atoms with van der Waals surface area (Å²) < 4.78 is 0. The van der Waals surface area contributed by atoms with Crippen molar-refractivity contribution in [2.45, 2.75) is 51.8 Å². The predicted octanol–water partition coefficient (Wildman–Crippen LogP) is 4.08. The second-order valence-electron chi connectivity index (χ2n) is 4.36. The highest BCUT2D eigenvalue weighted by Gasteiger charge is 2.31. The molecule has 12 heavy (non-hydrogen) atoms. The van der Waals surface area contributed by atoms with Crippen molar-refractivity contribution in [3.05, 3.63) is 0 Å². The maximum absolute atomic E-state index is 6.27. The maximum Gasteiger partial charge on any atom is 0.0366 e. The van der Waals surface area contributed by atoms with Gasteiger partial charge in [0.1, 0.15) is 0 Å². The first-order valence-electron chi connectivity index (χ1n) is 5.30. The van der Waals surface area contributed by atoms with E-state index >= 15 is 0 Å². The van der Waals surface area contributed by atoms with E-state index < -0.39 is 0 Å². The van der Waals surface area contributed by atoms with Crippen molar-refractivity contribution in [3.8, 4) is 0 Å². The first kappa shape index (κ1) is 10.4. The van der Waals surface area contributed by atoms with Gasteiger partial charge in [0.25, 0.3) is 0 Å². The fourth-order valence-electron chi connectivity index (χ4n) is 2.33. The molecule has 0 aromatic carbocycles. The zero-order valence-electron chi connectivity index (χ0n) is 8.52. The van der Waals surface area contributed by atoms with Crippen LogP contribution in [0.1, 0.15) is 46.5 Å². The molecule has 0 N–H and O–H groups in total. The van der Waals surface area contributed by atoms with Crippen molar-refractivity contribution in [3.63, 3.8) is 0 Å². The molecule has 1 aliphatic rings. The topological polar surface area (TPSA) is 0 Å². The lowest BCUT2D eigenvalue weighted by Crippen LogP contribution is -2.22. The maximum atomic E-state index is 6.27. The van der Waals surface area contributed by atoms with Gasteiger partial charge in [-0.25, -0.2) is 0 Å². The third-order valence-corrected chi connectivity index (χ3v) is 4.24. The minimum atomic E-state index is 0.467. The molecule has 1 saturated carbocycles. The molecule has 72 valence electrons. The molecule has 1 fully saturated rings. The van der Waals surface area contributed by atoms with Crippen molar-refractivity contribution in [1.82, 2.24) is 0 Å². The fourth-order valence-corrected chi connectivity index (χ4v) is 2.84. The van der Waals surface area contributed by atoms with E-state index in [4.69, 9.17) is 11.6 Å². The average molecular weight is 189 g/mol. The van der Waals surface area contributed by atoms with Crippen LogP contribution >= 0.6 is 11.6 Å². The molecule has 0 nitrogen and oxygen atoms in total. The van der Waals surface area contributed by atoms with Crippen LogP contribution in [-0.2, 0) is 0 Å². The van der Waals surface area contributed by atoms with Crippen LogP contribution in [0.3, 0.4) is 0 Å². The Morgan fingerprint density at radius 3 is 2.42 bits per heavy atom. The molecule has 0 radical (unpaired) electrons. The number of rotatable bonds is 3.